The molecular weight excluding hydrogens is 210 g/mol. The zero-order chi connectivity index (χ0) is 10.9. The van der Waals surface area contributed by atoms with Gasteiger partial charge in [0.2, 0.25) is 0 Å². The number of methoxy groups -OCH3 is 1. The molecule has 4 heteroatoms. The standard InChI is InChI=1S/C11H15NO2S/c1-3-11(10(13)14-2)9-8(4-6-12-11)5-7-15-9/h5,7,12H,3-4,6H2,1-2H3. The summed E-state index contributed by atoms with van der Waals surface area (Å²) in [7, 11) is 1.45. The van der Waals surface area contributed by atoms with E-state index in [1.54, 1.807) is 11.3 Å². The Kier molecular flexibility index (Phi) is 2.80. The van der Waals surface area contributed by atoms with Gasteiger partial charge in [-0.2, -0.15) is 0 Å². The van der Waals surface area contributed by atoms with Crippen LogP contribution in [0.2, 0.25) is 0 Å². The maximum atomic E-state index is 11.9. The van der Waals surface area contributed by atoms with Gasteiger partial charge in [0.25, 0.3) is 0 Å². The lowest BCUT2D eigenvalue weighted by atomic mass is 9.87. The predicted molar refractivity (Wildman–Crippen MR) is 60.0 cm³/mol. The molecule has 0 aliphatic carbocycles. The number of fused-ring (bicyclic) bond motifs is 1. The Bertz CT molecular complexity index is 374. The van der Waals surface area contributed by atoms with Crippen molar-refractivity contribution in [3.8, 4) is 0 Å². The van der Waals surface area contributed by atoms with E-state index >= 15 is 0 Å². The quantitative estimate of drug-likeness (QED) is 0.778. The first kappa shape index (κ1) is 10.6. The van der Waals surface area contributed by atoms with Crippen LogP contribution in [-0.4, -0.2) is 19.6 Å². The number of ether oxygens (including phenoxy) is 1. The average molecular weight is 225 g/mol. The van der Waals surface area contributed by atoms with Crippen LogP contribution in [0.4, 0.5) is 0 Å². The lowest BCUT2D eigenvalue weighted by Crippen LogP contribution is -2.52. The first-order chi connectivity index (χ1) is 7.24. The largest absolute Gasteiger partial charge is 0.467 e. The van der Waals surface area contributed by atoms with Crippen molar-refractivity contribution in [1.29, 1.82) is 0 Å². The molecule has 3 nitrogen and oxygen atoms in total. The molecule has 0 radical (unpaired) electrons. The van der Waals surface area contributed by atoms with Crippen molar-refractivity contribution in [3.05, 3.63) is 21.9 Å². The molecule has 2 rings (SSSR count). The summed E-state index contributed by atoms with van der Waals surface area (Å²) in [6.45, 7) is 2.85. The van der Waals surface area contributed by atoms with E-state index in [4.69, 9.17) is 4.74 Å². The number of carbonyl (C=O) groups is 1. The van der Waals surface area contributed by atoms with Crippen molar-refractivity contribution in [3.63, 3.8) is 0 Å². The van der Waals surface area contributed by atoms with Gasteiger partial charge in [0.1, 0.15) is 0 Å². The maximum absolute atomic E-state index is 11.9. The first-order valence-electron chi connectivity index (χ1n) is 5.15. The molecule has 1 aliphatic rings. The summed E-state index contributed by atoms with van der Waals surface area (Å²) in [5, 5.41) is 5.36. The topological polar surface area (TPSA) is 38.3 Å². The number of carbonyl (C=O) groups excluding carboxylic acids is 1. The third-order valence-corrected chi connectivity index (χ3v) is 4.14. The van der Waals surface area contributed by atoms with Crippen molar-refractivity contribution < 1.29 is 9.53 Å². The van der Waals surface area contributed by atoms with Gasteiger partial charge in [-0.1, -0.05) is 6.92 Å². The molecule has 15 heavy (non-hydrogen) atoms. The van der Waals surface area contributed by atoms with E-state index in [9.17, 15) is 4.79 Å². The van der Waals surface area contributed by atoms with Gasteiger partial charge in [-0.15, -0.1) is 11.3 Å². The molecule has 0 bridgehead atoms. The molecule has 1 aromatic heterocycles. The van der Waals surface area contributed by atoms with Crippen LogP contribution in [0.25, 0.3) is 0 Å². The molecule has 82 valence electrons. The van der Waals surface area contributed by atoms with Gasteiger partial charge in [-0.3, -0.25) is 5.32 Å². The number of esters is 1. The monoisotopic (exact) mass is 225 g/mol. The number of hydrogen-bond donors (Lipinski definition) is 1. The normalized spacial score (nSPS) is 24.7. The maximum Gasteiger partial charge on any atom is 0.331 e. The Morgan fingerprint density at radius 3 is 3.20 bits per heavy atom. The van der Waals surface area contributed by atoms with Crippen LogP contribution in [0, 0.1) is 0 Å². The van der Waals surface area contributed by atoms with Crippen LogP contribution in [0.1, 0.15) is 23.8 Å². The number of nitrogens with one attached hydrogen (secondary N) is 1. The van der Waals surface area contributed by atoms with Gasteiger partial charge in [0.05, 0.1) is 7.11 Å². The smallest absolute Gasteiger partial charge is 0.331 e. The fourth-order valence-corrected chi connectivity index (χ4v) is 3.36. The number of rotatable bonds is 2. The van der Waals surface area contributed by atoms with Crippen molar-refractivity contribution in [2.24, 2.45) is 0 Å². The molecule has 1 N–H and O–H groups in total. The van der Waals surface area contributed by atoms with Crippen LogP contribution in [0.3, 0.4) is 0 Å². The highest BCUT2D eigenvalue weighted by Gasteiger charge is 2.43. The van der Waals surface area contributed by atoms with Crippen LogP contribution in [0.5, 0.6) is 0 Å². The molecule has 1 aliphatic heterocycles. The van der Waals surface area contributed by atoms with E-state index < -0.39 is 5.54 Å². The summed E-state index contributed by atoms with van der Waals surface area (Å²) >= 11 is 1.64. The molecule has 0 saturated heterocycles. The molecule has 0 aromatic carbocycles. The summed E-state index contributed by atoms with van der Waals surface area (Å²) in [6.07, 6.45) is 1.73. The van der Waals surface area contributed by atoms with Crippen molar-refractivity contribution in [2.45, 2.75) is 25.3 Å². The SMILES string of the molecule is CCC1(C(=O)OC)NCCc2ccsc21. The second-order valence-electron chi connectivity index (χ2n) is 3.70. The Morgan fingerprint density at radius 1 is 1.73 bits per heavy atom. The van der Waals surface area contributed by atoms with Gasteiger partial charge in [0, 0.05) is 11.4 Å². The summed E-state index contributed by atoms with van der Waals surface area (Å²) in [4.78, 5) is 13.0. The van der Waals surface area contributed by atoms with Gasteiger partial charge in [-0.05, 0) is 29.9 Å². The molecule has 0 fully saturated rings. The minimum Gasteiger partial charge on any atom is -0.467 e. The molecular formula is C11H15NO2S. The van der Waals surface area contributed by atoms with Gasteiger partial charge in [-0.25, -0.2) is 4.79 Å². The lowest BCUT2D eigenvalue weighted by molar-refractivity contribution is -0.149. The Morgan fingerprint density at radius 2 is 2.53 bits per heavy atom. The zero-order valence-electron chi connectivity index (χ0n) is 9.00. The highest BCUT2D eigenvalue weighted by Crippen LogP contribution is 2.36. The summed E-state index contributed by atoms with van der Waals surface area (Å²) in [5.41, 5.74) is 0.683. The minimum atomic E-state index is -0.601. The second-order valence-corrected chi connectivity index (χ2v) is 4.62. The van der Waals surface area contributed by atoms with Crippen molar-refractivity contribution >= 4 is 17.3 Å². The summed E-state index contributed by atoms with van der Waals surface area (Å²) in [6, 6.07) is 2.11. The third-order valence-electron chi connectivity index (χ3n) is 3.02. The van der Waals surface area contributed by atoms with Gasteiger partial charge < -0.3 is 4.74 Å². The molecule has 0 spiro atoms. The van der Waals surface area contributed by atoms with Crippen LogP contribution in [0.15, 0.2) is 11.4 Å². The lowest BCUT2D eigenvalue weighted by Gasteiger charge is -2.34. The zero-order valence-corrected chi connectivity index (χ0v) is 9.82. The molecule has 1 aromatic rings. The fourth-order valence-electron chi connectivity index (χ4n) is 2.17. The molecule has 1 atom stereocenters. The van der Waals surface area contributed by atoms with Crippen LogP contribution in [-0.2, 0) is 21.5 Å². The molecule has 1 unspecified atom stereocenters. The predicted octanol–water partition coefficient (Wildman–Crippen LogP) is 1.67. The van der Waals surface area contributed by atoms with E-state index in [0.717, 1.165) is 24.3 Å². The molecule has 2 heterocycles. The highest BCUT2D eigenvalue weighted by molar-refractivity contribution is 7.10. The van der Waals surface area contributed by atoms with E-state index in [-0.39, 0.29) is 5.97 Å². The van der Waals surface area contributed by atoms with Gasteiger partial charge >= 0.3 is 5.97 Å². The van der Waals surface area contributed by atoms with Crippen molar-refractivity contribution in [2.75, 3.05) is 13.7 Å². The molecule has 0 amide bonds. The minimum absolute atomic E-state index is 0.173. The Hall–Kier alpha value is -0.870. The van der Waals surface area contributed by atoms with E-state index in [1.807, 2.05) is 12.3 Å². The van der Waals surface area contributed by atoms with E-state index in [0.29, 0.717) is 0 Å². The van der Waals surface area contributed by atoms with Crippen molar-refractivity contribution in [1.82, 2.24) is 5.32 Å². The Labute approximate surface area is 93.4 Å². The second kappa shape index (κ2) is 3.94. The Balaban J connectivity index is 2.48. The van der Waals surface area contributed by atoms with Crippen LogP contribution >= 0.6 is 11.3 Å². The van der Waals surface area contributed by atoms with Gasteiger partial charge in [0.15, 0.2) is 5.54 Å². The average Bonchev–Trinajstić information content (AvgIpc) is 2.75. The first-order valence-corrected chi connectivity index (χ1v) is 6.03. The molecule has 0 saturated carbocycles. The van der Waals surface area contributed by atoms with Crippen LogP contribution < -0.4 is 5.32 Å². The summed E-state index contributed by atoms with van der Waals surface area (Å²) < 4.78 is 4.92. The third kappa shape index (κ3) is 1.48. The summed E-state index contributed by atoms with van der Waals surface area (Å²) in [5.74, 6) is -0.173. The number of hydrogen-bond acceptors (Lipinski definition) is 4. The van der Waals surface area contributed by atoms with E-state index in [1.165, 1.54) is 12.7 Å². The van der Waals surface area contributed by atoms with E-state index in [2.05, 4.69) is 11.4 Å². The highest BCUT2D eigenvalue weighted by atomic mass is 32.1. The number of thiophene rings is 1. The fraction of sp³-hybridized carbons (Fsp3) is 0.545.